The van der Waals surface area contributed by atoms with Crippen LogP contribution in [0, 0.1) is 0 Å². The van der Waals surface area contributed by atoms with Crippen LogP contribution in [0.3, 0.4) is 0 Å². The minimum atomic E-state index is -1.08. The first-order valence-electron chi connectivity index (χ1n) is 9.02. The molecular formula is C21H20N2O5S. The fourth-order valence-corrected chi connectivity index (χ4v) is 3.82. The average Bonchev–Trinajstić information content (AvgIpc) is 2.99. The second kappa shape index (κ2) is 8.83. The maximum absolute atomic E-state index is 12.8. The predicted molar refractivity (Wildman–Crippen MR) is 113 cm³/mol. The Labute approximate surface area is 172 Å². The van der Waals surface area contributed by atoms with Crippen molar-refractivity contribution in [3.8, 4) is 11.5 Å². The minimum absolute atomic E-state index is 0.0297. The van der Waals surface area contributed by atoms with E-state index in [2.05, 4.69) is 4.99 Å². The molecule has 1 saturated heterocycles. The number of hydrogen-bond acceptors (Lipinski definition) is 6. The van der Waals surface area contributed by atoms with Crippen LogP contribution in [-0.2, 0) is 4.79 Å². The highest BCUT2D eigenvalue weighted by Crippen LogP contribution is 2.36. The molecule has 29 heavy (non-hydrogen) atoms. The maximum atomic E-state index is 12.8. The van der Waals surface area contributed by atoms with Gasteiger partial charge >= 0.3 is 5.97 Å². The van der Waals surface area contributed by atoms with Gasteiger partial charge in [-0.25, -0.2) is 9.79 Å². The molecule has 8 heteroatoms. The number of nitrogens with zero attached hydrogens (tertiary/aromatic N) is 2. The van der Waals surface area contributed by atoms with E-state index < -0.39 is 5.97 Å². The lowest BCUT2D eigenvalue weighted by Gasteiger charge is -2.12. The molecule has 1 aliphatic rings. The molecule has 0 spiro atoms. The zero-order valence-electron chi connectivity index (χ0n) is 16.0. The Morgan fingerprint density at radius 2 is 2.00 bits per heavy atom. The summed E-state index contributed by atoms with van der Waals surface area (Å²) in [7, 11) is 0. The van der Waals surface area contributed by atoms with E-state index >= 15 is 0 Å². The molecule has 1 aliphatic heterocycles. The summed E-state index contributed by atoms with van der Waals surface area (Å²) >= 11 is 1.18. The summed E-state index contributed by atoms with van der Waals surface area (Å²) in [5, 5.41) is 19.6. The van der Waals surface area contributed by atoms with Crippen molar-refractivity contribution in [3.63, 3.8) is 0 Å². The Kier molecular flexibility index (Phi) is 6.23. The quantitative estimate of drug-likeness (QED) is 0.693. The van der Waals surface area contributed by atoms with E-state index in [1.54, 1.807) is 36.4 Å². The molecule has 0 bridgehead atoms. The van der Waals surface area contributed by atoms with E-state index in [9.17, 15) is 19.8 Å². The zero-order chi connectivity index (χ0) is 21.0. The number of aliphatic imine (C=N–C) groups is 1. The van der Waals surface area contributed by atoms with Crippen molar-refractivity contribution < 1.29 is 24.5 Å². The van der Waals surface area contributed by atoms with Crippen LogP contribution >= 0.6 is 11.8 Å². The number of carbonyl (C=O) groups is 2. The van der Waals surface area contributed by atoms with Crippen LogP contribution in [0.4, 0.5) is 5.69 Å². The summed E-state index contributed by atoms with van der Waals surface area (Å²) < 4.78 is 5.39. The molecule has 0 radical (unpaired) electrons. The van der Waals surface area contributed by atoms with Gasteiger partial charge in [0.05, 0.1) is 22.8 Å². The molecule has 2 N–H and O–H groups in total. The first-order valence-corrected chi connectivity index (χ1v) is 9.84. The number of thioether (sulfide) groups is 1. The highest BCUT2D eigenvalue weighted by molar-refractivity contribution is 8.18. The monoisotopic (exact) mass is 412 g/mol. The van der Waals surface area contributed by atoms with Gasteiger partial charge in [-0.2, -0.15) is 0 Å². The van der Waals surface area contributed by atoms with Gasteiger partial charge in [0, 0.05) is 6.54 Å². The summed E-state index contributed by atoms with van der Waals surface area (Å²) in [6.07, 6.45) is 1.70. The largest absolute Gasteiger partial charge is 0.504 e. The molecule has 7 nitrogen and oxygen atoms in total. The van der Waals surface area contributed by atoms with Crippen LogP contribution in [0.15, 0.2) is 52.4 Å². The van der Waals surface area contributed by atoms with Gasteiger partial charge in [0.25, 0.3) is 5.91 Å². The molecular weight excluding hydrogens is 392 g/mol. The number of hydrogen-bond donors (Lipinski definition) is 2. The molecule has 0 saturated carbocycles. The van der Waals surface area contributed by atoms with Crippen molar-refractivity contribution in [3.05, 3.63) is 58.5 Å². The number of phenolic OH excluding ortho intramolecular Hbond substituents is 1. The number of aromatic hydroxyl groups is 1. The number of rotatable bonds is 6. The summed E-state index contributed by atoms with van der Waals surface area (Å²) in [6, 6.07) is 11.3. The molecule has 1 heterocycles. The van der Waals surface area contributed by atoms with Gasteiger partial charge in [0.15, 0.2) is 16.7 Å². The molecule has 1 fully saturated rings. The number of benzene rings is 2. The van der Waals surface area contributed by atoms with Gasteiger partial charge in [-0.15, -0.1) is 0 Å². The van der Waals surface area contributed by atoms with Gasteiger partial charge < -0.3 is 14.9 Å². The Hall–Kier alpha value is -3.26. The second-order valence-electron chi connectivity index (χ2n) is 6.04. The van der Waals surface area contributed by atoms with Gasteiger partial charge in [-0.3, -0.25) is 9.69 Å². The topological polar surface area (TPSA) is 99.4 Å². The Morgan fingerprint density at radius 3 is 2.69 bits per heavy atom. The number of carboxylic acids is 1. The van der Waals surface area contributed by atoms with Crippen LogP contribution in [0.1, 0.15) is 29.8 Å². The smallest absolute Gasteiger partial charge is 0.337 e. The number of carbonyl (C=O) groups excluding carboxylic acids is 1. The second-order valence-corrected chi connectivity index (χ2v) is 7.05. The van der Waals surface area contributed by atoms with Crippen LogP contribution < -0.4 is 4.74 Å². The zero-order valence-corrected chi connectivity index (χ0v) is 16.8. The number of amides is 1. The van der Waals surface area contributed by atoms with E-state index in [1.165, 1.54) is 28.8 Å². The molecule has 150 valence electrons. The fourth-order valence-electron chi connectivity index (χ4n) is 2.77. The molecule has 0 aromatic heterocycles. The summed E-state index contributed by atoms with van der Waals surface area (Å²) in [6.45, 7) is 4.45. The first-order chi connectivity index (χ1) is 13.9. The van der Waals surface area contributed by atoms with Gasteiger partial charge in [-0.1, -0.05) is 18.2 Å². The van der Waals surface area contributed by atoms with E-state index in [1.807, 2.05) is 13.8 Å². The number of phenols is 1. The van der Waals surface area contributed by atoms with E-state index in [0.29, 0.717) is 40.2 Å². The number of carboxylic acid groups (broad SMARTS) is 1. The van der Waals surface area contributed by atoms with Crippen LogP contribution in [0.25, 0.3) is 6.08 Å². The predicted octanol–water partition coefficient (Wildman–Crippen LogP) is 4.11. The van der Waals surface area contributed by atoms with Crippen molar-refractivity contribution in [1.82, 2.24) is 4.90 Å². The van der Waals surface area contributed by atoms with Gasteiger partial charge in [0.1, 0.15) is 0 Å². The lowest BCUT2D eigenvalue weighted by atomic mass is 10.2. The van der Waals surface area contributed by atoms with Crippen molar-refractivity contribution in [2.45, 2.75) is 13.8 Å². The van der Waals surface area contributed by atoms with Crippen molar-refractivity contribution in [1.29, 1.82) is 0 Å². The number of para-hydroxylation sites is 1. The van der Waals surface area contributed by atoms with E-state index in [0.717, 1.165) is 0 Å². The number of amidine groups is 1. The first kappa shape index (κ1) is 20.5. The Morgan fingerprint density at radius 1 is 1.24 bits per heavy atom. The average molecular weight is 412 g/mol. The lowest BCUT2D eigenvalue weighted by Crippen LogP contribution is -2.28. The fraction of sp³-hybridized carbons (Fsp3) is 0.190. The lowest BCUT2D eigenvalue weighted by molar-refractivity contribution is -0.122. The molecule has 2 aromatic carbocycles. The van der Waals surface area contributed by atoms with E-state index in [4.69, 9.17) is 4.74 Å². The Balaban J connectivity index is 1.97. The molecule has 0 aliphatic carbocycles. The Bertz CT molecular complexity index is 1020. The summed E-state index contributed by atoms with van der Waals surface area (Å²) in [4.78, 5) is 30.6. The third kappa shape index (κ3) is 4.43. The maximum Gasteiger partial charge on any atom is 0.337 e. The van der Waals surface area contributed by atoms with Crippen molar-refractivity contribution >= 4 is 40.6 Å². The van der Waals surface area contributed by atoms with Crippen LogP contribution in [0.2, 0.25) is 0 Å². The SMILES string of the molecule is CCOc1cc(/C=C2\SC(=Nc3ccccc3C(=O)O)N(CC)C2=O)ccc1O. The van der Waals surface area contributed by atoms with E-state index in [-0.39, 0.29) is 17.2 Å². The normalized spacial score (nSPS) is 16.6. The molecule has 0 unspecified atom stereocenters. The summed E-state index contributed by atoms with van der Waals surface area (Å²) in [5.74, 6) is -0.920. The highest BCUT2D eigenvalue weighted by atomic mass is 32.2. The van der Waals surface area contributed by atoms with Crippen LogP contribution in [0.5, 0.6) is 11.5 Å². The highest BCUT2D eigenvalue weighted by Gasteiger charge is 2.32. The molecule has 0 atom stereocenters. The number of likely N-dealkylation sites (N-methyl/N-ethyl adjacent to an activating group) is 1. The number of ether oxygens (including phenoxy) is 1. The van der Waals surface area contributed by atoms with Gasteiger partial charge in [0.2, 0.25) is 0 Å². The molecule has 1 amide bonds. The molecule has 3 rings (SSSR count). The van der Waals surface area contributed by atoms with Crippen LogP contribution in [-0.4, -0.2) is 45.3 Å². The minimum Gasteiger partial charge on any atom is -0.504 e. The number of aromatic carboxylic acids is 1. The third-order valence-electron chi connectivity index (χ3n) is 4.14. The molecule has 2 aromatic rings. The van der Waals surface area contributed by atoms with Gasteiger partial charge in [-0.05, 0) is 61.5 Å². The standard InChI is InChI=1S/C21H20N2O5S/c1-3-23-19(25)18(12-13-9-10-16(24)17(11-13)28-4-2)29-21(23)22-15-8-6-5-7-14(15)20(26)27/h5-12,24H,3-4H2,1-2H3,(H,26,27)/b18-12-,22-21?. The van der Waals surface area contributed by atoms with Crippen molar-refractivity contribution in [2.75, 3.05) is 13.2 Å². The van der Waals surface area contributed by atoms with Crippen molar-refractivity contribution in [2.24, 2.45) is 4.99 Å². The third-order valence-corrected chi connectivity index (χ3v) is 5.14. The summed E-state index contributed by atoms with van der Waals surface area (Å²) in [5.41, 5.74) is 1.06.